The summed E-state index contributed by atoms with van der Waals surface area (Å²) in [5.74, 6) is 1.61. The van der Waals surface area contributed by atoms with Crippen LogP contribution in [0.2, 0.25) is 0 Å². The zero-order valence-corrected chi connectivity index (χ0v) is 11.5. The maximum Gasteiger partial charge on any atom is 0.123 e. The summed E-state index contributed by atoms with van der Waals surface area (Å²) < 4.78 is 5.27. The number of nitrogens with one attached hydrogen (secondary N) is 1. The molecule has 1 atom stereocenters. The van der Waals surface area contributed by atoms with Gasteiger partial charge in [0.1, 0.15) is 5.75 Å². The molecule has 0 aliphatic carbocycles. The Morgan fingerprint density at radius 3 is 2.76 bits per heavy atom. The van der Waals surface area contributed by atoms with Crippen LogP contribution in [0.15, 0.2) is 24.3 Å². The Morgan fingerprint density at radius 1 is 1.41 bits per heavy atom. The summed E-state index contributed by atoms with van der Waals surface area (Å²) in [5.41, 5.74) is 0.441. The Hall–Kier alpha value is -0.710. The second kappa shape index (κ2) is 6.89. The van der Waals surface area contributed by atoms with Gasteiger partial charge in [-0.2, -0.15) is 11.8 Å². The molecule has 0 fully saturated rings. The number of aliphatic hydroxyl groups is 1. The van der Waals surface area contributed by atoms with Crippen LogP contribution in [-0.4, -0.2) is 36.4 Å². The van der Waals surface area contributed by atoms with E-state index in [0.29, 0.717) is 13.1 Å². The monoisotopic (exact) mass is 255 g/mol. The van der Waals surface area contributed by atoms with E-state index in [1.54, 1.807) is 18.9 Å². The molecule has 0 heterocycles. The number of ether oxygens (including phenoxy) is 1. The smallest absolute Gasteiger partial charge is 0.123 e. The second-order valence-corrected chi connectivity index (χ2v) is 5.21. The van der Waals surface area contributed by atoms with E-state index >= 15 is 0 Å². The second-order valence-electron chi connectivity index (χ2n) is 4.35. The fourth-order valence-corrected chi connectivity index (χ4v) is 2.40. The predicted octanol–water partition coefficient (Wildman–Crippen LogP) is 1.90. The van der Waals surface area contributed by atoms with Crippen LogP contribution < -0.4 is 10.1 Å². The molecule has 0 aromatic heterocycles. The Morgan fingerprint density at radius 2 is 2.12 bits per heavy atom. The van der Waals surface area contributed by atoms with E-state index < -0.39 is 5.60 Å². The van der Waals surface area contributed by atoms with E-state index in [0.717, 1.165) is 17.1 Å². The van der Waals surface area contributed by atoms with Crippen LogP contribution in [0.1, 0.15) is 12.5 Å². The Kier molecular flexibility index (Phi) is 5.82. The molecule has 17 heavy (non-hydrogen) atoms. The highest BCUT2D eigenvalue weighted by molar-refractivity contribution is 7.98. The van der Waals surface area contributed by atoms with Gasteiger partial charge in [0.15, 0.2) is 0 Å². The van der Waals surface area contributed by atoms with Crippen LogP contribution in [0, 0.1) is 0 Å². The number of rotatable bonds is 7. The summed E-state index contributed by atoms with van der Waals surface area (Å²) in [6.45, 7) is 3.12. The molecule has 0 aliphatic heterocycles. The highest BCUT2D eigenvalue weighted by Gasteiger charge is 2.18. The molecular formula is C13H21NO2S. The van der Waals surface area contributed by atoms with Crippen molar-refractivity contribution < 1.29 is 9.84 Å². The third kappa shape index (κ3) is 4.98. The van der Waals surface area contributed by atoms with Crippen molar-refractivity contribution in [2.24, 2.45) is 0 Å². The number of thioether (sulfide) groups is 1. The predicted molar refractivity (Wildman–Crippen MR) is 73.7 cm³/mol. The van der Waals surface area contributed by atoms with Gasteiger partial charge < -0.3 is 15.2 Å². The normalized spacial score (nSPS) is 14.4. The van der Waals surface area contributed by atoms with Crippen LogP contribution in [0.4, 0.5) is 0 Å². The van der Waals surface area contributed by atoms with Gasteiger partial charge in [0.05, 0.1) is 12.7 Å². The van der Waals surface area contributed by atoms with Gasteiger partial charge in [0.25, 0.3) is 0 Å². The lowest BCUT2D eigenvalue weighted by Crippen LogP contribution is -2.39. The van der Waals surface area contributed by atoms with Gasteiger partial charge >= 0.3 is 0 Å². The van der Waals surface area contributed by atoms with E-state index in [9.17, 15) is 5.11 Å². The largest absolute Gasteiger partial charge is 0.496 e. The van der Waals surface area contributed by atoms with Crippen molar-refractivity contribution in [1.29, 1.82) is 0 Å². The van der Waals surface area contributed by atoms with Crippen molar-refractivity contribution in [3.63, 3.8) is 0 Å². The van der Waals surface area contributed by atoms with Crippen molar-refractivity contribution >= 4 is 11.8 Å². The SMILES string of the molecule is COc1ccccc1CNCC(C)(O)CSC. The van der Waals surface area contributed by atoms with Crippen molar-refractivity contribution in [3.8, 4) is 5.75 Å². The summed E-state index contributed by atoms with van der Waals surface area (Å²) in [4.78, 5) is 0. The number of benzene rings is 1. The fraction of sp³-hybridized carbons (Fsp3) is 0.538. The van der Waals surface area contributed by atoms with Gasteiger partial charge in [0, 0.05) is 24.4 Å². The molecule has 0 aliphatic rings. The lowest BCUT2D eigenvalue weighted by atomic mass is 10.1. The van der Waals surface area contributed by atoms with Gasteiger partial charge in [-0.15, -0.1) is 0 Å². The van der Waals surface area contributed by atoms with E-state index in [1.165, 1.54) is 0 Å². The van der Waals surface area contributed by atoms with Crippen molar-refractivity contribution in [2.75, 3.05) is 25.7 Å². The molecule has 0 spiro atoms. The number of hydrogen-bond acceptors (Lipinski definition) is 4. The van der Waals surface area contributed by atoms with Gasteiger partial charge in [-0.3, -0.25) is 0 Å². The molecule has 0 saturated carbocycles. The van der Waals surface area contributed by atoms with Crippen LogP contribution in [0.25, 0.3) is 0 Å². The lowest BCUT2D eigenvalue weighted by Gasteiger charge is -2.22. The van der Waals surface area contributed by atoms with Crippen LogP contribution in [0.5, 0.6) is 5.75 Å². The molecule has 1 aromatic carbocycles. The topological polar surface area (TPSA) is 41.5 Å². The molecule has 3 nitrogen and oxygen atoms in total. The minimum absolute atomic E-state index is 0.575. The third-order valence-corrected chi connectivity index (χ3v) is 3.38. The van der Waals surface area contributed by atoms with E-state index in [1.807, 2.05) is 37.4 Å². The fourth-order valence-electron chi connectivity index (χ4n) is 1.68. The molecule has 2 N–H and O–H groups in total. The molecule has 0 bridgehead atoms. The maximum absolute atomic E-state index is 10.0. The van der Waals surface area contributed by atoms with Gasteiger partial charge in [-0.05, 0) is 19.2 Å². The molecular weight excluding hydrogens is 234 g/mol. The summed E-state index contributed by atoms with van der Waals surface area (Å²) in [5, 5.41) is 13.3. The molecule has 4 heteroatoms. The number of hydrogen-bond donors (Lipinski definition) is 2. The number of para-hydroxylation sites is 1. The van der Waals surface area contributed by atoms with Crippen LogP contribution in [0.3, 0.4) is 0 Å². The summed E-state index contributed by atoms with van der Waals surface area (Å²) in [6, 6.07) is 7.90. The highest BCUT2D eigenvalue weighted by Crippen LogP contribution is 2.17. The first-order valence-electron chi connectivity index (χ1n) is 5.63. The first-order chi connectivity index (χ1) is 8.09. The zero-order chi connectivity index (χ0) is 12.7. The van der Waals surface area contributed by atoms with Gasteiger partial charge in [0.2, 0.25) is 0 Å². The zero-order valence-electron chi connectivity index (χ0n) is 10.7. The average molecular weight is 255 g/mol. The van der Waals surface area contributed by atoms with Crippen LogP contribution >= 0.6 is 11.8 Å². The summed E-state index contributed by atoms with van der Waals surface area (Å²) in [7, 11) is 1.67. The average Bonchev–Trinajstić information content (AvgIpc) is 2.29. The van der Waals surface area contributed by atoms with Crippen molar-refractivity contribution in [3.05, 3.63) is 29.8 Å². The van der Waals surface area contributed by atoms with Gasteiger partial charge in [-0.25, -0.2) is 0 Å². The van der Waals surface area contributed by atoms with E-state index in [-0.39, 0.29) is 0 Å². The van der Waals surface area contributed by atoms with Crippen molar-refractivity contribution in [2.45, 2.75) is 19.1 Å². The maximum atomic E-state index is 10.0. The number of methoxy groups -OCH3 is 1. The molecule has 1 aromatic rings. The molecule has 1 rings (SSSR count). The van der Waals surface area contributed by atoms with Gasteiger partial charge in [-0.1, -0.05) is 18.2 Å². The summed E-state index contributed by atoms with van der Waals surface area (Å²) in [6.07, 6.45) is 1.99. The minimum atomic E-state index is -0.665. The lowest BCUT2D eigenvalue weighted by molar-refractivity contribution is 0.0845. The molecule has 0 amide bonds. The first kappa shape index (κ1) is 14.4. The molecule has 1 unspecified atom stereocenters. The molecule has 96 valence electrons. The van der Waals surface area contributed by atoms with E-state index in [4.69, 9.17) is 4.74 Å². The highest BCUT2D eigenvalue weighted by atomic mass is 32.2. The minimum Gasteiger partial charge on any atom is -0.496 e. The Bertz CT molecular complexity index is 342. The van der Waals surface area contributed by atoms with Crippen LogP contribution in [-0.2, 0) is 6.54 Å². The first-order valence-corrected chi connectivity index (χ1v) is 7.02. The molecule has 0 radical (unpaired) electrons. The third-order valence-electron chi connectivity index (χ3n) is 2.47. The quantitative estimate of drug-likeness (QED) is 0.781. The van der Waals surface area contributed by atoms with E-state index in [2.05, 4.69) is 5.32 Å². The molecule has 0 saturated heterocycles. The van der Waals surface area contributed by atoms with Crippen molar-refractivity contribution in [1.82, 2.24) is 5.32 Å². The Balaban J connectivity index is 2.45. The summed E-state index contributed by atoms with van der Waals surface area (Å²) >= 11 is 1.65. The Labute approximate surface area is 108 Å². The standard InChI is InChI=1S/C13H21NO2S/c1-13(15,10-17-3)9-14-8-11-6-4-5-7-12(11)16-2/h4-7,14-15H,8-10H2,1-3H3.